The molecule has 0 bridgehead atoms. The van der Waals surface area contributed by atoms with Crippen LogP contribution in [0, 0.1) is 0 Å². The Morgan fingerprint density at radius 2 is 0.444 bits per heavy atom. The summed E-state index contributed by atoms with van der Waals surface area (Å²) in [6, 6.07) is 0. The largest absolute Gasteiger partial charge is 0.462 e. The molecule has 81 heavy (non-hydrogen) atoms. The van der Waals surface area contributed by atoms with Crippen LogP contribution in [-0.4, -0.2) is 37.2 Å². The van der Waals surface area contributed by atoms with Gasteiger partial charge in [0, 0.05) is 19.3 Å². The van der Waals surface area contributed by atoms with Crippen LogP contribution in [0.2, 0.25) is 0 Å². The molecule has 0 aliphatic heterocycles. The van der Waals surface area contributed by atoms with Gasteiger partial charge >= 0.3 is 17.9 Å². The van der Waals surface area contributed by atoms with Crippen molar-refractivity contribution in [2.45, 2.75) is 399 Å². The van der Waals surface area contributed by atoms with E-state index in [1.807, 2.05) is 0 Å². The third kappa shape index (κ3) is 68.0. The number of hydrogen-bond donors (Lipinski definition) is 0. The first-order valence-electron chi connectivity index (χ1n) is 36.1. The summed E-state index contributed by atoms with van der Waals surface area (Å²) in [5.74, 6) is -0.856. The highest BCUT2D eigenvalue weighted by Crippen LogP contribution is 2.18. The zero-order valence-corrected chi connectivity index (χ0v) is 54.6. The lowest BCUT2D eigenvalue weighted by Crippen LogP contribution is -2.30. The van der Waals surface area contributed by atoms with Crippen molar-refractivity contribution in [2.75, 3.05) is 13.2 Å². The van der Waals surface area contributed by atoms with Gasteiger partial charge in [-0.2, -0.15) is 0 Å². The van der Waals surface area contributed by atoms with Crippen molar-refractivity contribution < 1.29 is 28.6 Å². The van der Waals surface area contributed by atoms with Crippen LogP contribution in [0.25, 0.3) is 0 Å². The Hall–Kier alpha value is -2.63. The fourth-order valence-corrected chi connectivity index (χ4v) is 10.9. The minimum atomic E-state index is -0.776. The van der Waals surface area contributed by atoms with Crippen LogP contribution in [0.5, 0.6) is 0 Å². The normalized spacial score (nSPS) is 12.3. The van der Waals surface area contributed by atoms with Gasteiger partial charge in [-0.05, 0) is 83.5 Å². The summed E-state index contributed by atoms with van der Waals surface area (Å²) >= 11 is 0. The summed E-state index contributed by atoms with van der Waals surface area (Å²) in [5, 5.41) is 0. The number of ether oxygens (including phenoxy) is 3. The van der Waals surface area contributed by atoms with E-state index in [4.69, 9.17) is 14.2 Å². The summed E-state index contributed by atoms with van der Waals surface area (Å²) in [6.07, 6.45) is 88.6. The summed E-state index contributed by atoms with van der Waals surface area (Å²) in [4.78, 5) is 38.4. The van der Waals surface area contributed by atoms with Gasteiger partial charge in [0.2, 0.25) is 0 Å². The first-order chi connectivity index (χ1) is 40.0. The smallest absolute Gasteiger partial charge is 0.306 e. The molecule has 1 atom stereocenters. The second-order valence-corrected chi connectivity index (χ2v) is 24.5. The van der Waals surface area contributed by atoms with E-state index >= 15 is 0 Å². The Morgan fingerprint density at radius 3 is 0.716 bits per heavy atom. The fraction of sp³-hybridized carbons (Fsp3) is 0.853. The van der Waals surface area contributed by atoms with Crippen molar-refractivity contribution in [1.29, 1.82) is 0 Å². The summed E-state index contributed by atoms with van der Waals surface area (Å²) in [6.45, 7) is 6.68. The van der Waals surface area contributed by atoms with Crippen LogP contribution >= 0.6 is 0 Å². The van der Waals surface area contributed by atoms with E-state index in [1.54, 1.807) is 0 Å². The Balaban J connectivity index is 4.23. The van der Waals surface area contributed by atoms with Gasteiger partial charge in [-0.25, -0.2) is 0 Å². The molecule has 0 saturated heterocycles. The monoisotopic (exact) mass is 1140 g/mol. The first kappa shape index (κ1) is 78.4. The van der Waals surface area contributed by atoms with E-state index < -0.39 is 6.10 Å². The zero-order chi connectivity index (χ0) is 58.5. The molecule has 0 aromatic heterocycles. The highest BCUT2D eigenvalue weighted by Gasteiger charge is 2.19. The molecule has 0 aromatic carbocycles. The number of unbranched alkanes of at least 4 members (excludes halogenated alkanes) is 48. The van der Waals surface area contributed by atoms with Gasteiger partial charge < -0.3 is 14.2 Å². The van der Waals surface area contributed by atoms with Crippen LogP contribution < -0.4 is 0 Å². The summed E-state index contributed by atoms with van der Waals surface area (Å²) in [7, 11) is 0. The van der Waals surface area contributed by atoms with Gasteiger partial charge in [0.25, 0.3) is 0 Å². The van der Waals surface area contributed by atoms with E-state index in [0.29, 0.717) is 19.3 Å². The SMILES string of the molecule is CCCCCC/C=C\CCCCCCCC(=O)OCC(COC(=O)CCCCCCCCCCCCCC/C=C\C/C=C\C/C=C\CCCCCCC)OC(=O)CCCCCCCCCCCCCCCCCCCCCCCCC. The molecule has 0 aliphatic rings. The highest BCUT2D eigenvalue weighted by molar-refractivity contribution is 5.71. The Bertz CT molecular complexity index is 1400. The zero-order valence-electron chi connectivity index (χ0n) is 54.6. The van der Waals surface area contributed by atoms with Crippen LogP contribution in [-0.2, 0) is 28.6 Å². The lowest BCUT2D eigenvalue weighted by atomic mass is 10.0. The Labute approximate surface area is 505 Å². The lowest BCUT2D eigenvalue weighted by molar-refractivity contribution is -0.167. The summed E-state index contributed by atoms with van der Waals surface area (Å²) < 4.78 is 17.0. The maximum atomic E-state index is 13.0. The second-order valence-electron chi connectivity index (χ2n) is 24.5. The predicted octanol–water partition coefficient (Wildman–Crippen LogP) is 24.9. The lowest BCUT2D eigenvalue weighted by Gasteiger charge is -2.18. The first-order valence-corrected chi connectivity index (χ1v) is 36.1. The van der Waals surface area contributed by atoms with Crippen LogP contribution in [0.4, 0.5) is 0 Å². The van der Waals surface area contributed by atoms with Crippen molar-refractivity contribution in [2.24, 2.45) is 0 Å². The van der Waals surface area contributed by atoms with E-state index in [0.717, 1.165) is 77.0 Å². The molecule has 0 saturated carbocycles. The minimum absolute atomic E-state index is 0.0723. The van der Waals surface area contributed by atoms with Gasteiger partial charge in [-0.3, -0.25) is 14.4 Å². The van der Waals surface area contributed by atoms with Gasteiger partial charge in [-0.1, -0.05) is 339 Å². The molecule has 0 rings (SSSR count). The molecule has 0 spiro atoms. The third-order valence-corrected chi connectivity index (χ3v) is 16.3. The molecule has 0 N–H and O–H groups in total. The number of esters is 3. The van der Waals surface area contributed by atoms with E-state index in [2.05, 4.69) is 69.4 Å². The maximum Gasteiger partial charge on any atom is 0.306 e. The molecule has 0 fully saturated rings. The average Bonchev–Trinajstić information content (AvgIpc) is 3.46. The number of carbonyl (C=O) groups excluding carboxylic acids is 3. The minimum Gasteiger partial charge on any atom is -0.462 e. The number of rotatable bonds is 67. The number of allylic oxidation sites excluding steroid dienone is 8. The number of carbonyl (C=O) groups is 3. The van der Waals surface area contributed by atoms with Crippen molar-refractivity contribution in [3.63, 3.8) is 0 Å². The molecular formula is C75H138O6. The van der Waals surface area contributed by atoms with Crippen LogP contribution in [0.1, 0.15) is 393 Å². The molecule has 0 amide bonds. The molecule has 0 radical (unpaired) electrons. The van der Waals surface area contributed by atoms with Crippen molar-refractivity contribution in [3.05, 3.63) is 48.6 Å². The van der Waals surface area contributed by atoms with Gasteiger partial charge in [-0.15, -0.1) is 0 Å². The van der Waals surface area contributed by atoms with Crippen molar-refractivity contribution in [3.8, 4) is 0 Å². The van der Waals surface area contributed by atoms with Gasteiger partial charge in [0.05, 0.1) is 0 Å². The third-order valence-electron chi connectivity index (χ3n) is 16.3. The van der Waals surface area contributed by atoms with Crippen LogP contribution in [0.15, 0.2) is 48.6 Å². The Morgan fingerprint density at radius 1 is 0.247 bits per heavy atom. The van der Waals surface area contributed by atoms with Crippen molar-refractivity contribution >= 4 is 17.9 Å². The van der Waals surface area contributed by atoms with E-state index in [9.17, 15) is 14.4 Å². The van der Waals surface area contributed by atoms with E-state index in [1.165, 1.54) is 276 Å². The molecule has 0 heterocycles. The molecule has 0 aromatic rings. The van der Waals surface area contributed by atoms with Gasteiger partial charge in [0.15, 0.2) is 6.10 Å². The van der Waals surface area contributed by atoms with Crippen LogP contribution in [0.3, 0.4) is 0 Å². The fourth-order valence-electron chi connectivity index (χ4n) is 10.9. The molecule has 474 valence electrons. The Kier molecular flexibility index (Phi) is 67.6. The van der Waals surface area contributed by atoms with E-state index in [-0.39, 0.29) is 31.1 Å². The summed E-state index contributed by atoms with van der Waals surface area (Å²) in [5.41, 5.74) is 0. The molecule has 1 unspecified atom stereocenters. The highest BCUT2D eigenvalue weighted by atomic mass is 16.6. The molecule has 0 aliphatic carbocycles. The predicted molar refractivity (Wildman–Crippen MR) is 353 cm³/mol. The standard InChI is InChI=1S/C75H138O6/c1-4-7-10-13-16-19-22-25-27-29-31-33-35-36-37-38-40-41-43-45-47-50-53-56-59-62-65-68-74(77)80-71-72(70-79-73(76)67-64-61-58-55-52-49-24-21-18-15-12-9-6-3)81-75(78)69-66-63-60-57-54-51-48-46-44-42-39-34-32-30-28-26-23-20-17-14-11-8-5-2/h21-22,24-25,29,31,35-36,72H,4-20,23,26-28,30,32-34,37-71H2,1-3H3/b24-21-,25-22-,31-29-,36-35-. The second kappa shape index (κ2) is 69.9. The molecule has 6 nitrogen and oxygen atoms in total. The molecular weight excluding hydrogens is 997 g/mol. The average molecular weight is 1140 g/mol. The maximum absolute atomic E-state index is 13.0. The van der Waals surface area contributed by atoms with Gasteiger partial charge in [0.1, 0.15) is 13.2 Å². The van der Waals surface area contributed by atoms with Crippen molar-refractivity contribution in [1.82, 2.24) is 0 Å². The molecule has 6 heteroatoms. The topological polar surface area (TPSA) is 78.9 Å². The number of hydrogen-bond acceptors (Lipinski definition) is 6. The quantitative estimate of drug-likeness (QED) is 0.0261.